The van der Waals surface area contributed by atoms with Gasteiger partial charge in [-0.15, -0.1) is 0 Å². The fraction of sp³-hybridized carbons (Fsp3) is 0. The van der Waals surface area contributed by atoms with Gasteiger partial charge < -0.3 is 1.43 Å². The van der Waals surface area contributed by atoms with Crippen LogP contribution in [0.15, 0.2) is 0 Å². The first-order chi connectivity index (χ1) is 4.00. The fourth-order valence-electron chi connectivity index (χ4n) is 0. The maximum Gasteiger partial charge on any atom is 1.00 e. The number of hydrogen-bond donors (Lipinski definition) is 2. The number of halogens is 2. The molecule has 4 N–H and O–H groups in total. The van der Waals surface area contributed by atoms with Crippen LogP contribution in [0.2, 0.25) is 0 Å². The van der Waals surface area contributed by atoms with E-state index in [1.807, 2.05) is 0 Å². The van der Waals surface area contributed by atoms with Crippen molar-refractivity contribution in [1.29, 1.82) is 0 Å². The molecule has 66 valence electrons. The van der Waals surface area contributed by atoms with E-state index in [0.29, 0.717) is 0 Å². The first-order valence-corrected chi connectivity index (χ1v) is 4.34. The van der Waals surface area contributed by atoms with Gasteiger partial charge in [0.2, 0.25) is 0 Å². The van der Waals surface area contributed by atoms with E-state index in [9.17, 15) is 7.77 Å². The Kier molecular flexibility index (Phi) is 11.2. The van der Waals surface area contributed by atoms with Crippen molar-refractivity contribution >= 4 is 20.8 Å². The van der Waals surface area contributed by atoms with Gasteiger partial charge in [0, 0.05) is 0 Å². The van der Waals surface area contributed by atoms with E-state index in [2.05, 4.69) is 10.3 Å². The quantitative estimate of drug-likeness (QED) is 0.326. The molecule has 0 heterocycles. The van der Waals surface area contributed by atoms with Crippen LogP contribution in [0.5, 0.6) is 0 Å². The zero-order chi connectivity index (χ0) is 9.00. The molecule has 0 bridgehead atoms. The Morgan fingerprint density at radius 1 is 0.909 bits per heavy atom. The normalized spacial score (nSPS) is 10.5. The Morgan fingerprint density at radius 3 is 0.909 bits per heavy atom. The molecule has 0 aliphatic heterocycles. The molecule has 0 aliphatic carbocycles. The van der Waals surface area contributed by atoms with E-state index < -0.39 is 20.8 Å². The zero-order valence-electron chi connectivity index (χ0n) is 6.36. The largest absolute Gasteiger partial charge is 1.00 e. The van der Waals surface area contributed by atoms with E-state index in [1.54, 1.807) is 0 Å². The smallest absolute Gasteiger partial charge is 1.00 e. The van der Waals surface area contributed by atoms with Crippen LogP contribution >= 0.6 is 0 Å². The molecule has 0 unspecified atom stereocenters. The second kappa shape index (κ2) is 6.79. The molecular formula is H5F2KN2O4S2. The van der Waals surface area contributed by atoms with Crippen LogP contribution in [0, 0.1) is 0 Å². The van der Waals surface area contributed by atoms with Crippen molar-refractivity contribution in [3.63, 3.8) is 0 Å². The minimum absolute atomic E-state index is 0. The summed E-state index contributed by atoms with van der Waals surface area (Å²) in [7, 11) is -9.33. The number of nitrogens with two attached hydrogens (primary N) is 2. The predicted octanol–water partition coefficient (Wildman–Crippen LogP) is -4.56. The standard InChI is InChI=1S/2FH2NO2S.K.H/c2*1-5(2,3)4;;/h2*(H2,2,3,4);;/q;;+1;-1. The van der Waals surface area contributed by atoms with Gasteiger partial charge in [-0.05, 0) is 0 Å². The molecule has 0 saturated heterocycles. The van der Waals surface area contributed by atoms with E-state index >= 15 is 0 Å². The molecule has 0 radical (unpaired) electrons. The third-order valence-corrected chi connectivity index (χ3v) is 0. The predicted molar refractivity (Wildman–Crippen MR) is 29.5 cm³/mol. The molecular weight excluding hydrogens is 233 g/mol. The van der Waals surface area contributed by atoms with Crippen LogP contribution in [0.4, 0.5) is 7.77 Å². The summed E-state index contributed by atoms with van der Waals surface area (Å²) in [4.78, 5) is 0. The molecule has 0 aromatic rings. The Bertz CT molecular complexity index is 225. The van der Waals surface area contributed by atoms with Crippen molar-refractivity contribution in [1.82, 2.24) is 0 Å². The van der Waals surface area contributed by atoms with Gasteiger partial charge in [-0.1, -0.05) is 7.77 Å². The van der Waals surface area contributed by atoms with Crippen molar-refractivity contribution in [2.24, 2.45) is 10.3 Å². The number of rotatable bonds is 0. The Hall–Kier alpha value is 1.32. The molecule has 0 aliphatic rings. The molecule has 11 heavy (non-hydrogen) atoms. The monoisotopic (exact) mass is 238 g/mol. The summed E-state index contributed by atoms with van der Waals surface area (Å²) in [6.07, 6.45) is 0. The molecule has 0 aromatic carbocycles. The summed E-state index contributed by atoms with van der Waals surface area (Å²) in [5, 5.41) is 7.32. The van der Waals surface area contributed by atoms with Gasteiger partial charge >= 0.3 is 72.2 Å². The SMILES string of the molecule is NS(=O)(=O)F.NS(=O)(=O)F.[H-].[K+]. The summed E-state index contributed by atoms with van der Waals surface area (Å²) >= 11 is 0. The molecule has 6 nitrogen and oxygen atoms in total. The molecule has 0 fully saturated rings. The van der Waals surface area contributed by atoms with Crippen LogP contribution < -0.4 is 61.7 Å². The summed E-state index contributed by atoms with van der Waals surface area (Å²) in [6.45, 7) is 0. The Labute approximate surface area is 107 Å². The van der Waals surface area contributed by atoms with E-state index in [4.69, 9.17) is 16.8 Å². The molecule has 0 amide bonds. The van der Waals surface area contributed by atoms with Crippen molar-refractivity contribution in [3.8, 4) is 0 Å². The Morgan fingerprint density at radius 2 is 0.909 bits per heavy atom. The van der Waals surface area contributed by atoms with Gasteiger partial charge in [0.25, 0.3) is 0 Å². The molecule has 0 saturated carbocycles. The van der Waals surface area contributed by atoms with Crippen molar-refractivity contribution in [2.75, 3.05) is 0 Å². The van der Waals surface area contributed by atoms with E-state index in [0.717, 1.165) is 0 Å². The minimum atomic E-state index is -4.67. The second-order valence-corrected chi connectivity index (χ2v) is 2.85. The van der Waals surface area contributed by atoms with Crippen LogP contribution in [0.1, 0.15) is 1.43 Å². The maximum absolute atomic E-state index is 10.4. The summed E-state index contributed by atoms with van der Waals surface area (Å²) < 4.78 is 55.8. The average molecular weight is 238 g/mol. The van der Waals surface area contributed by atoms with Gasteiger partial charge in [0.15, 0.2) is 0 Å². The summed E-state index contributed by atoms with van der Waals surface area (Å²) in [5.74, 6) is 0. The topological polar surface area (TPSA) is 120 Å². The molecule has 0 spiro atoms. The first-order valence-electron chi connectivity index (χ1n) is 1.45. The molecule has 0 aromatic heterocycles. The van der Waals surface area contributed by atoms with Gasteiger partial charge in [0.1, 0.15) is 0 Å². The second-order valence-electron chi connectivity index (χ2n) is 0.951. The molecule has 11 heteroatoms. The first kappa shape index (κ1) is 18.2. The Balaban J connectivity index is -0.0000000457. The number of hydrogen-bond acceptors (Lipinski definition) is 4. The van der Waals surface area contributed by atoms with Crippen molar-refractivity contribution < 1.29 is 77.4 Å². The van der Waals surface area contributed by atoms with Gasteiger partial charge in [-0.2, -0.15) is 16.8 Å². The van der Waals surface area contributed by atoms with Gasteiger partial charge in [-0.25, -0.2) is 10.3 Å². The van der Waals surface area contributed by atoms with Crippen molar-refractivity contribution in [2.45, 2.75) is 0 Å². The third kappa shape index (κ3) is 567. The van der Waals surface area contributed by atoms with E-state index in [-0.39, 0.29) is 52.8 Å². The van der Waals surface area contributed by atoms with Gasteiger partial charge in [-0.3, -0.25) is 0 Å². The average Bonchev–Trinajstić information content (AvgIpc) is 1.12. The van der Waals surface area contributed by atoms with Crippen LogP contribution in [-0.4, -0.2) is 16.8 Å². The van der Waals surface area contributed by atoms with Gasteiger partial charge in [0.05, 0.1) is 0 Å². The van der Waals surface area contributed by atoms with Crippen LogP contribution in [0.3, 0.4) is 0 Å². The zero-order valence-corrected chi connectivity index (χ0v) is 10.1. The van der Waals surface area contributed by atoms with E-state index in [1.165, 1.54) is 0 Å². The maximum atomic E-state index is 10.4. The summed E-state index contributed by atoms with van der Waals surface area (Å²) in [6, 6.07) is 0. The van der Waals surface area contributed by atoms with Crippen LogP contribution in [-0.2, 0) is 20.8 Å². The van der Waals surface area contributed by atoms with Crippen molar-refractivity contribution in [3.05, 3.63) is 0 Å². The fourth-order valence-corrected chi connectivity index (χ4v) is 0. The molecule has 0 atom stereocenters. The third-order valence-electron chi connectivity index (χ3n) is 0. The molecule has 0 rings (SSSR count). The van der Waals surface area contributed by atoms with Crippen LogP contribution in [0.25, 0.3) is 0 Å². The minimum Gasteiger partial charge on any atom is -1.00 e. The summed E-state index contributed by atoms with van der Waals surface area (Å²) in [5.41, 5.74) is 0.